The maximum Gasteiger partial charge on any atom is 0.315 e. The van der Waals surface area contributed by atoms with Gasteiger partial charge >= 0.3 is 6.01 Å². The number of anilines is 1. The quantitative estimate of drug-likeness (QED) is 0.788. The molecule has 2 rings (SSSR count). The van der Waals surface area contributed by atoms with Crippen LogP contribution in [0.25, 0.3) is 0 Å². The van der Waals surface area contributed by atoms with Crippen LogP contribution in [0.5, 0.6) is 0 Å². The van der Waals surface area contributed by atoms with Gasteiger partial charge in [-0.1, -0.05) is 12.0 Å². The zero-order valence-electron chi connectivity index (χ0n) is 9.53. The van der Waals surface area contributed by atoms with Crippen LogP contribution < -0.4 is 11.1 Å². The lowest BCUT2D eigenvalue weighted by atomic mass is 9.82. The molecule has 1 aromatic rings. The molecule has 2 heterocycles. The number of hydrogen-bond acceptors (Lipinski definition) is 6. The van der Waals surface area contributed by atoms with E-state index in [4.69, 9.17) is 14.9 Å². The van der Waals surface area contributed by atoms with Gasteiger partial charge in [0.05, 0.1) is 6.54 Å². The van der Waals surface area contributed by atoms with Crippen molar-refractivity contribution in [2.75, 3.05) is 25.1 Å². The Morgan fingerprint density at radius 1 is 1.38 bits per heavy atom. The van der Waals surface area contributed by atoms with Gasteiger partial charge < -0.3 is 20.2 Å². The van der Waals surface area contributed by atoms with E-state index in [2.05, 4.69) is 22.4 Å². The van der Waals surface area contributed by atoms with Crippen molar-refractivity contribution in [3.8, 4) is 0 Å². The van der Waals surface area contributed by atoms with E-state index in [1.807, 2.05) is 0 Å². The van der Waals surface area contributed by atoms with Gasteiger partial charge in [0.2, 0.25) is 5.89 Å². The van der Waals surface area contributed by atoms with Crippen molar-refractivity contribution in [2.45, 2.75) is 26.3 Å². The van der Waals surface area contributed by atoms with Gasteiger partial charge in [0.15, 0.2) is 0 Å². The number of nitrogens with one attached hydrogen (secondary N) is 1. The Balaban J connectivity index is 1.86. The van der Waals surface area contributed by atoms with Crippen molar-refractivity contribution in [1.29, 1.82) is 0 Å². The predicted octanol–water partition coefficient (Wildman–Crippen LogP) is 0.757. The third-order valence-corrected chi connectivity index (χ3v) is 3.01. The summed E-state index contributed by atoms with van der Waals surface area (Å²) >= 11 is 0. The number of nitrogens with zero attached hydrogens (tertiary/aromatic N) is 2. The lowest BCUT2D eigenvalue weighted by molar-refractivity contribution is 0.0298. The zero-order chi connectivity index (χ0) is 11.4. The molecule has 0 saturated carbocycles. The molecule has 1 saturated heterocycles. The average Bonchev–Trinajstić information content (AvgIpc) is 2.75. The summed E-state index contributed by atoms with van der Waals surface area (Å²) in [6.45, 7) is 5.00. The highest BCUT2D eigenvalue weighted by molar-refractivity contribution is 5.17. The Hall–Kier alpha value is -1.14. The fourth-order valence-corrected chi connectivity index (χ4v) is 1.74. The summed E-state index contributed by atoms with van der Waals surface area (Å²) in [5, 5.41) is 10.8. The van der Waals surface area contributed by atoms with E-state index in [9.17, 15) is 0 Å². The van der Waals surface area contributed by atoms with Gasteiger partial charge in [-0.25, -0.2) is 0 Å². The van der Waals surface area contributed by atoms with Crippen LogP contribution in [-0.4, -0.2) is 30.0 Å². The van der Waals surface area contributed by atoms with Crippen molar-refractivity contribution in [2.24, 2.45) is 11.1 Å². The number of nitrogens with two attached hydrogens (primary N) is 1. The predicted molar refractivity (Wildman–Crippen MR) is 58.8 cm³/mol. The summed E-state index contributed by atoms with van der Waals surface area (Å²) in [5.74, 6) is 0.458. The Morgan fingerprint density at radius 2 is 2.12 bits per heavy atom. The van der Waals surface area contributed by atoms with Gasteiger partial charge in [0, 0.05) is 19.8 Å². The van der Waals surface area contributed by atoms with Crippen molar-refractivity contribution >= 4 is 6.01 Å². The molecule has 1 aromatic heterocycles. The van der Waals surface area contributed by atoms with Gasteiger partial charge in [-0.2, -0.15) is 0 Å². The van der Waals surface area contributed by atoms with Crippen molar-refractivity contribution in [3.63, 3.8) is 0 Å². The third kappa shape index (κ3) is 2.70. The summed E-state index contributed by atoms with van der Waals surface area (Å²) in [4.78, 5) is 0. The van der Waals surface area contributed by atoms with Crippen LogP contribution in [0.2, 0.25) is 0 Å². The second kappa shape index (κ2) is 4.80. The molecule has 16 heavy (non-hydrogen) atoms. The highest BCUT2D eigenvalue weighted by Crippen LogP contribution is 2.29. The minimum atomic E-state index is 0.246. The Bertz CT molecular complexity index is 333. The summed E-state index contributed by atoms with van der Waals surface area (Å²) < 4.78 is 10.6. The second-order valence-corrected chi connectivity index (χ2v) is 4.48. The van der Waals surface area contributed by atoms with E-state index in [-0.39, 0.29) is 12.0 Å². The molecule has 1 fully saturated rings. The highest BCUT2D eigenvalue weighted by atomic mass is 16.5. The van der Waals surface area contributed by atoms with E-state index < -0.39 is 0 Å². The van der Waals surface area contributed by atoms with Crippen LogP contribution in [0.4, 0.5) is 6.01 Å². The molecule has 6 heteroatoms. The lowest BCUT2D eigenvalue weighted by Crippen LogP contribution is -2.33. The first-order chi connectivity index (χ1) is 7.72. The van der Waals surface area contributed by atoms with E-state index in [1.165, 1.54) is 0 Å². The molecule has 1 aliphatic rings. The molecule has 0 aromatic carbocycles. The van der Waals surface area contributed by atoms with Gasteiger partial charge in [-0.3, -0.25) is 0 Å². The first-order valence-corrected chi connectivity index (χ1v) is 5.56. The van der Waals surface area contributed by atoms with E-state index in [1.54, 1.807) is 0 Å². The minimum Gasteiger partial charge on any atom is -0.407 e. The molecule has 0 spiro atoms. The number of ether oxygens (including phenoxy) is 1. The molecule has 0 bridgehead atoms. The number of rotatable bonds is 4. The maximum absolute atomic E-state index is 5.39. The molecule has 0 aliphatic carbocycles. The van der Waals surface area contributed by atoms with Crippen LogP contribution in [0.1, 0.15) is 25.7 Å². The van der Waals surface area contributed by atoms with Gasteiger partial charge in [0.25, 0.3) is 0 Å². The molecule has 0 unspecified atom stereocenters. The topological polar surface area (TPSA) is 86.2 Å². The fraction of sp³-hybridized carbons (Fsp3) is 0.800. The molecular weight excluding hydrogens is 208 g/mol. The lowest BCUT2D eigenvalue weighted by Gasteiger charge is -2.33. The zero-order valence-corrected chi connectivity index (χ0v) is 9.53. The molecule has 3 N–H and O–H groups in total. The Kier molecular flexibility index (Phi) is 3.40. The van der Waals surface area contributed by atoms with Crippen LogP contribution in [0.3, 0.4) is 0 Å². The first kappa shape index (κ1) is 11.3. The summed E-state index contributed by atoms with van der Waals surface area (Å²) in [6, 6.07) is 0.452. The van der Waals surface area contributed by atoms with Gasteiger partial charge in [-0.05, 0) is 18.3 Å². The monoisotopic (exact) mass is 226 g/mol. The Morgan fingerprint density at radius 3 is 2.75 bits per heavy atom. The van der Waals surface area contributed by atoms with Crippen molar-refractivity contribution in [3.05, 3.63) is 5.89 Å². The molecule has 0 radical (unpaired) electrons. The third-order valence-electron chi connectivity index (χ3n) is 3.01. The van der Waals surface area contributed by atoms with Gasteiger partial charge in [-0.15, -0.1) is 5.10 Å². The molecule has 6 nitrogen and oxygen atoms in total. The number of aromatic nitrogens is 2. The van der Waals surface area contributed by atoms with Crippen LogP contribution >= 0.6 is 0 Å². The fourth-order valence-electron chi connectivity index (χ4n) is 1.74. The van der Waals surface area contributed by atoms with Crippen molar-refractivity contribution < 1.29 is 9.15 Å². The summed E-state index contributed by atoms with van der Waals surface area (Å²) in [5.41, 5.74) is 5.63. The normalized spacial score (nSPS) is 19.6. The smallest absolute Gasteiger partial charge is 0.315 e. The SMILES string of the molecule is CC1(CNc2nnc(CN)o2)CCOCC1. The Labute approximate surface area is 94.6 Å². The molecule has 0 atom stereocenters. The highest BCUT2D eigenvalue weighted by Gasteiger charge is 2.27. The largest absolute Gasteiger partial charge is 0.407 e. The standard InChI is InChI=1S/C10H18N4O2/c1-10(2-4-15-5-3-10)7-12-9-14-13-8(6-11)16-9/h2-7,11H2,1H3,(H,12,14). The first-order valence-electron chi connectivity index (χ1n) is 5.56. The molecule has 0 amide bonds. The summed E-state index contributed by atoms with van der Waals surface area (Å²) in [6.07, 6.45) is 2.11. The van der Waals surface area contributed by atoms with Gasteiger partial charge in [0.1, 0.15) is 0 Å². The second-order valence-electron chi connectivity index (χ2n) is 4.48. The average molecular weight is 226 g/mol. The van der Waals surface area contributed by atoms with Crippen molar-refractivity contribution in [1.82, 2.24) is 10.2 Å². The van der Waals surface area contributed by atoms with E-state index in [0.29, 0.717) is 11.9 Å². The number of hydrogen-bond donors (Lipinski definition) is 2. The van der Waals surface area contributed by atoms with E-state index >= 15 is 0 Å². The maximum atomic E-state index is 5.39. The molecular formula is C10H18N4O2. The van der Waals surface area contributed by atoms with Crippen LogP contribution in [0.15, 0.2) is 4.42 Å². The molecule has 90 valence electrons. The molecule has 1 aliphatic heterocycles. The minimum absolute atomic E-state index is 0.246. The van der Waals surface area contributed by atoms with Crippen LogP contribution in [-0.2, 0) is 11.3 Å². The van der Waals surface area contributed by atoms with E-state index in [0.717, 1.165) is 32.6 Å². The van der Waals surface area contributed by atoms with Crippen LogP contribution in [0, 0.1) is 5.41 Å². The summed E-state index contributed by atoms with van der Waals surface area (Å²) in [7, 11) is 0.